The van der Waals surface area contributed by atoms with Crippen LogP contribution in [0.3, 0.4) is 0 Å². The van der Waals surface area contributed by atoms with E-state index in [1.807, 2.05) is 6.92 Å². The fraction of sp³-hybridized carbons (Fsp3) is 0.500. The minimum Gasteiger partial charge on any atom is -0.368 e. The van der Waals surface area contributed by atoms with E-state index < -0.39 is 0 Å². The first-order valence-corrected chi connectivity index (χ1v) is 7.30. The Bertz CT molecular complexity index is 559. The molecule has 0 unspecified atom stereocenters. The Morgan fingerprint density at radius 2 is 1.84 bits per heavy atom. The van der Waals surface area contributed by atoms with Crippen molar-refractivity contribution in [3.8, 4) is 0 Å². The van der Waals surface area contributed by atoms with Gasteiger partial charge in [-0.3, -0.25) is 0 Å². The summed E-state index contributed by atoms with van der Waals surface area (Å²) in [6.07, 6.45) is 6.89. The van der Waals surface area contributed by atoms with Crippen LogP contribution in [-0.4, -0.2) is 16.7 Å². The van der Waals surface area contributed by atoms with Crippen LogP contribution >= 0.6 is 0 Å². The molecule has 0 bridgehead atoms. The lowest BCUT2D eigenvalue weighted by molar-refractivity contribution is 0.518. The predicted molar refractivity (Wildman–Crippen MR) is 79.3 cm³/mol. The molecule has 0 radical (unpaired) electrons. The van der Waals surface area contributed by atoms with Gasteiger partial charge in [0.15, 0.2) is 5.82 Å². The number of anilines is 1. The molecule has 0 spiro atoms. The van der Waals surface area contributed by atoms with Gasteiger partial charge < -0.3 is 5.32 Å². The minimum absolute atomic E-state index is 0.914. The molecule has 0 atom stereocenters. The maximum atomic E-state index is 4.31. The molecule has 1 aliphatic rings. The quantitative estimate of drug-likeness (QED) is 0.899. The zero-order chi connectivity index (χ0) is 13.1. The molecule has 3 heteroatoms. The van der Waals surface area contributed by atoms with Gasteiger partial charge in [0.2, 0.25) is 0 Å². The number of benzene rings is 1. The average molecular weight is 255 g/mol. The van der Waals surface area contributed by atoms with Crippen LogP contribution in [0.4, 0.5) is 5.82 Å². The summed E-state index contributed by atoms with van der Waals surface area (Å²) in [6, 6.07) is 8.35. The summed E-state index contributed by atoms with van der Waals surface area (Å²) < 4.78 is 0. The van der Waals surface area contributed by atoms with Gasteiger partial charge in [-0.15, -0.1) is 5.10 Å². The molecule has 0 amide bonds. The van der Waals surface area contributed by atoms with Crippen LogP contribution < -0.4 is 5.32 Å². The van der Waals surface area contributed by atoms with Gasteiger partial charge in [-0.05, 0) is 19.3 Å². The molecule has 2 aromatic rings. The molecule has 1 N–H and O–H groups in total. The number of rotatable bonds is 4. The van der Waals surface area contributed by atoms with Gasteiger partial charge in [0.25, 0.3) is 0 Å². The molecule has 1 saturated carbocycles. The number of nitrogens with zero attached hydrogens (tertiary/aromatic N) is 2. The molecular weight excluding hydrogens is 234 g/mol. The van der Waals surface area contributed by atoms with Crippen molar-refractivity contribution in [2.75, 3.05) is 11.9 Å². The highest BCUT2D eigenvalue weighted by Crippen LogP contribution is 2.28. The highest BCUT2D eigenvalue weighted by molar-refractivity contribution is 5.92. The zero-order valence-corrected chi connectivity index (χ0v) is 11.5. The molecule has 1 aromatic carbocycles. The molecule has 3 nitrogen and oxygen atoms in total. The van der Waals surface area contributed by atoms with E-state index in [9.17, 15) is 0 Å². The average Bonchev–Trinajstić information content (AvgIpc) is 2.95. The van der Waals surface area contributed by atoms with Crippen molar-refractivity contribution < 1.29 is 0 Å². The molecule has 0 saturated heterocycles. The topological polar surface area (TPSA) is 37.8 Å². The van der Waals surface area contributed by atoms with Crippen molar-refractivity contribution in [3.05, 3.63) is 30.0 Å². The summed E-state index contributed by atoms with van der Waals surface area (Å²) in [4.78, 5) is 0. The fourth-order valence-electron chi connectivity index (χ4n) is 3.06. The monoisotopic (exact) mass is 255 g/mol. The van der Waals surface area contributed by atoms with Gasteiger partial charge in [0, 0.05) is 17.3 Å². The van der Waals surface area contributed by atoms with E-state index in [0.29, 0.717) is 0 Å². The van der Waals surface area contributed by atoms with Gasteiger partial charge in [-0.2, -0.15) is 5.10 Å². The second-order valence-corrected chi connectivity index (χ2v) is 5.55. The number of hydrogen-bond acceptors (Lipinski definition) is 3. The van der Waals surface area contributed by atoms with Gasteiger partial charge in [-0.1, -0.05) is 49.9 Å². The van der Waals surface area contributed by atoms with Crippen LogP contribution in [0.1, 0.15) is 37.8 Å². The first-order chi connectivity index (χ1) is 9.34. The SMILES string of the molecule is Cc1nnc(NCCC2CCCC2)c2ccccc12. The molecule has 0 aliphatic heterocycles. The summed E-state index contributed by atoms with van der Waals surface area (Å²) in [7, 11) is 0. The smallest absolute Gasteiger partial charge is 0.156 e. The van der Waals surface area contributed by atoms with E-state index in [1.54, 1.807) is 0 Å². The minimum atomic E-state index is 0.914. The van der Waals surface area contributed by atoms with Crippen LogP contribution in [0.2, 0.25) is 0 Å². The number of aromatic nitrogens is 2. The Morgan fingerprint density at radius 1 is 1.11 bits per heavy atom. The third kappa shape index (κ3) is 2.70. The molecule has 3 rings (SSSR count). The van der Waals surface area contributed by atoms with Crippen molar-refractivity contribution in [2.24, 2.45) is 5.92 Å². The second-order valence-electron chi connectivity index (χ2n) is 5.55. The summed E-state index contributed by atoms with van der Waals surface area (Å²) >= 11 is 0. The van der Waals surface area contributed by atoms with Gasteiger partial charge >= 0.3 is 0 Å². The van der Waals surface area contributed by atoms with Crippen molar-refractivity contribution >= 4 is 16.6 Å². The summed E-state index contributed by atoms with van der Waals surface area (Å²) in [5, 5.41) is 14.4. The van der Waals surface area contributed by atoms with Gasteiger partial charge in [0.1, 0.15) is 0 Å². The number of fused-ring (bicyclic) bond motifs is 1. The van der Waals surface area contributed by atoms with Crippen LogP contribution in [0.5, 0.6) is 0 Å². The van der Waals surface area contributed by atoms with Crippen molar-refractivity contribution in [1.29, 1.82) is 0 Å². The predicted octanol–water partition coefficient (Wildman–Crippen LogP) is 3.93. The van der Waals surface area contributed by atoms with Crippen molar-refractivity contribution in [1.82, 2.24) is 10.2 Å². The number of aryl methyl sites for hydroxylation is 1. The van der Waals surface area contributed by atoms with Crippen molar-refractivity contribution in [3.63, 3.8) is 0 Å². The molecule has 19 heavy (non-hydrogen) atoms. The highest BCUT2D eigenvalue weighted by Gasteiger charge is 2.14. The molecule has 1 heterocycles. The summed E-state index contributed by atoms with van der Waals surface area (Å²) in [6.45, 7) is 3.02. The first-order valence-electron chi connectivity index (χ1n) is 7.30. The number of nitrogens with one attached hydrogen (secondary N) is 1. The first kappa shape index (κ1) is 12.4. The molecule has 1 aromatic heterocycles. The highest BCUT2D eigenvalue weighted by atomic mass is 15.2. The Labute approximate surface area is 114 Å². The van der Waals surface area contributed by atoms with Crippen LogP contribution in [-0.2, 0) is 0 Å². The summed E-state index contributed by atoms with van der Waals surface area (Å²) in [5.74, 6) is 1.84. The maximum Gasteiger partial charge on any atom is 0.156 e. The van der Waals surface area contributed by atoms with Gasteiger partial charge in [-0.25, -0.2) is 0 Å². The van der Waals surface area contributed by atoms with E-state index in [4.69, 9.17) is 0 Å². The van der Waals surface area contributed by atoms with Crippen LogP contribution in [0.25, 0.3) is 10.8 Å². The zero-order valence-electron chi connectivity index (χ0n) is 11.5. The van der Waals surface area contributed by atoms with E-state index in [2.05, 4.69) is 39.8 Å². The third-order valence-corrected chi connectivity index (χ3v) is 4.19. The largest absolute Gasteiger partial charge is 0.368 e. The lowest BCUT2D eigenvalue weighted by Crippen LogP contribution is -2.09. The summed E-state index contributed by atoms with van der Waals surface area (Å²) in [5.41, 5.74) is 0.997. The van der Waals surface area contributed by atoms with E-state index in [1.165, 1.54) is 42.9 Å². The Hall–Kier alpha value is -1.64. The van der Waals surface area contributed by atoms with Crippen LogP contribution in [0, 0.1) is 12.8 Å². The lowest BCUT2D eigenvalue weighted by Gasteiger charge is -2.12. The fourth-order valence-corrected chi connectivity index (χ4v) is 3.06. The molecule has 1 aliphatic carbocycles. The van der Waals surface area contributed by atoms with E-state index >= 15 is 0 Å². The standard InChI is InChI=1S/C16H21N3/c1-12-14-8-4-5-9-15(14)16(19-18-12)17-11-10-13-6-2-3-7-13/h4-5,8-9,13H,2-3,6-7,10-11H2,1H3,(H,17,19). The normalized spacial score (nSPS) is 16.1. The number of hydrogen-bond donors (Lipinski definition) is 1. The van der Waals surface area contributed by atoms with Gasteiger partial charge in [0.05, 0.1) is 5.69 Å². The molecule has 100 valence electrons. The third-order valence-electron chi connectivity index (χ3n) is 4.19. The molecule has 1 fully saturated rings. The van der Waals surface area contributed by atoms with Crippen LogP contribution in [0.15, 0.2) is 24.3 Å². The van der Waals surface area contributed by atoms with E-state index in [0.717, 1.165) is 24.0 Å². The Morgan fingerprint density at radius 3 is 2.63 bits per heavy atom. The lowest BCUT2D eigenvalue weighted by atomic mass is 10.0. The Kier molecular flexibility index (Phi) is 3.62. The molecular formula is C16H21N3. The van der Waals surface area contributed by atoms with Crippen molar-refractivity contribution in [2.45, 2.75) is 39.0 Å². The second kappa shape index (κ2) is 5.55. The Balaban J connectivity index is 1.72. The van der Waals surface area contributed by atoms with E-state index in [-0.39, 0.29) is 0 Å². The maximum absolute atomic E-state index is 4.31.